The predicted octanol–water partition coefficient (Wildman–Crippen LogP) is 1.73. The van der Waals surface area contributed by atoms with Gasteiger partial charge < -0.3 is 10.1 Å². The van der Waals surface area contributed by atoms with Crippen molar-refractivity contribution in [3.63, 3.8) is 0 Å². The Morgan fingerprint density at radius 2 is 1.95 bits per heavy atom. The molecule has 1 aromatic rings. The van der Waals surface area contributed by atoms with E-state index in [9.17, 15) is 8.42 Å². The number of sulfonamides is 1. The molecule has 2 aliphatic rings. The molecule has 0 atom stereocenters. The van der Waals surface area contributed by atoms with Gasteiger partial charge in [0.25, 0.3) is 0 Å². The van der Waals surface area contributed by atoms with Gasteiger partial charge in [-0.2, -0.15) is 4.31 Å². The van der Waals surface area contributed by atoms with Gasteiger partial charge >= 0.3 is 0 Å². The standard InChI is InChI=1S/C13H15ClN2O3S.ClH/c14-12-2-1-3-13-11(12)8-10(9-19-13)20(17,18)16-6-4-15-5-7-16;/h1-3,8,15H,4-7,9H2;1H. The summed E-state index contributed by atoms with van der Waals surface area (Å²) in [4.78, 5) is 0.264. The molecule has 0 saturated carbocycles. The summed E-state index contributed by atoms with van der Waals surface area (Å²) in [6, 6.07) is 5.29. The van der Waals surface area contributed by atoms with Crippen LogP contribution in [0.2, 0.25) is 5.02 Å². The average molecular weight is 351 g/mol. The maximum atomic E-state index is 12.6. The molecule has 3 rings (SSSR count). The van der Waals surface area contributed by atoms with Gasteiger partial charge in [-0.25, -0.2) is 8.42 Å². The first-order valence-electron chi connectivity index (χ1n) is 6.42. The number of fused-ring (bicyclic) bond motifs is 1. The summed E-state index contributed by atoms with van der Waals surface area (Å²) in [5.41, 5.74) is 0.633. The van der Waals surface area contributed by atoms with E-state index in [0.717, 1.165) is 0 Å². The van der Waals surface area contributed by atoms with E-state index in [0.29, 0.717) is 42.5 Å². The van der Waals surface area contributed by atoms with Crippen molar-refractivity contribution >= 4 is 40.1 Å². The number of hydrogen-bond acceptors (Lipinski definition) is 4. The lowest BCUT2D eigenvalue weighted by molar-refractivity contribution is 0.339. The molecule has 0 unspecified atom stereocenters. The van der Waals surface area contributed by atoms with Crippen molar-refractivity contribution in [2.45, 2.75) is 0 Å². The van der Waals surface area contributed by atoms with Crippen molar-refractivity contribution < 1.29 is 13.2 Å². The van der Waals surface area contributed by atoms with Gasteiger partial charge in [-0.15, -0.1) is 12.4 Å². The Balaban J connectivity index is 0.00000161. The Morgan fingerprint density at radius 1 is 1.24 bits per heavy atom. The van der Waals surface area contributed by atoms with E-state index in [-0.39, 0.29) is 23.9 Å². The van der Waals surface area contributed by atoms with Crippen LogP contribution in [-0.4, -0.2) is 45.5 Å². The third-order valence-electron chi connectivity index (χ3n) is 3.44. The molecule has 0 radical (unpaired) electrons. The first-order chi connectivity index (χ1) is 9.59. The number of nitrogens with zero attached hydrogens (tertiary/aromatic N) is 1. The van der Waals surface area contributed by atoms with Crippen LogP contribution in [-0.2, 0) is 10.0 Å². The lowest BCUT2D eigenvalue weighted by atomic mass is 10.1. The van der Waals surface area contributed by atoms with E-state index in [1.165, 1.54) is 4.31 Å². The van der Waals surface area contributed by atoms with Gasteiger partial charge in [0.1, 0.15) is 12.4 Å². The van der Waals surface area contributed by atoms with E-state index < -0.39 is 10.0 Å². The smallest absolute Gasteiger partial charge is 0.242 e. The zero-order valence-electron chi connectivity index (χ0n) is 11.2. The molecule has 1 aromatic carbocycles. The summed E-state index contributed by atoms with van der Waals surface area (Å²) in [5, 5.41) is 3.63. The highest BCUT2D eigenvalue weighted by molar-refractivity contribution is 7.93. The average Bonchev–Trinajstić information content (AvgIpc) is 2.48. The zero-order valence-corrected chi connectivity index (χ0v) is 13.6. The molecule has 1 saturated heterocycles. The number of piperazine rings is 1. The highest BCUT2D eigenvalue weighted by Crippen LogP contribution is 2.34. The molecule has 21 heavy (non-hydrogen) atoms. The molecule has 1 N–H and O–H groups in total. The molecule has 0 bridgehead atoms. The fourth-order valence-electron chi connectivity index (χ4n) is 2.33. The molecule has 2 heterocycles. The molecular formula is C13H16Cl2N2O3S. The summed E-state index contributed by atoms with van der Waals surface area (Å²) in [6.07, 6.45) is 1.62. The molecular weight excluding hydrogens is 335 g/mol. The van der Waals surface area contributed by atoms with Crippen LogP contribution in [0.4, 0.5) is 0 Å². The molecule has 0 aliphatic carbocycles. The zero-order chi connectivity index (χ0) is 14.2. The Hall–Kier alpha value is -0.790. The number of halogens is 2. The van der Waals surface area contributed by atoms with Gasteiger partial charge in [0, 0.05) is 31.7 Å². The van der Waals surface area contributed by atoms with E-state index in [2.05, 4.69) is 5.32 Å². The molecule has 0 amide bonds. The second-order valence-electron chi connectivity index (χ2n) is 4.71. The van der Waals surface area contributed by atoms with Crippen molar-refractivity contribution in [3.05, 3.63) is 33.7 Å². The molecule has 1 fully saturated rings. The van der Waals surface area contributed by atoms with Crippen LogP contribution in [0.15, 0.2) is 23.1 Å². The van der Waals surface area contributed by atoms with Gasteiger partial charge in [-0.05, 0) is 18.2 Å². The van der Waals surface area contributed by atoms with E-state index in [4.69, 9.17) is 16.3 Å². The summed E-state index contributed by atoms with van der Waals surface area (Å²) in [6.45, 7) is 2.36. The third-order valence-corrected chi connectivity index (χ3v) is 5.71. The topological polar surface area (TPSA) is 58.6 Å². The fourth-order valence-corrected chi connectivity index (χ4v) is 4.02. The number of rotatable bonds is 2. The second kappa shape index (κ2) is 6.54. The third kappa shape index (κ3) is 3.19. The molecule has 0 aromatic heterocycles. The van der Waals surface area contributed by atoms with Crippen LogP contribution in [0.1, 0.15) is 5.56 Å². The maximum absolute atomic E-state index is 12.6. The summed E-state index contributed by atoms with van der Waals surface area (Å²) in [5.74, 6) is 0.622. The van der Waals surface area contributed by atoms with Crippen LogP contribution in [0.5, 0.6) is 5.75 Å². The van der Waals surface area contributed by atoms with Crippen LogP contribution in [0.25, 0.3) is 6.08 Å². The van der Waals surface area contributed by atoms with Gasteiger partial charge in [-0.1, -0.05) is 17.7 Å². The monoisotopic (exact) mass is 350 g/mol. The largest absolute Gasteiger partial charge is 0.487 e. The minimum absolute atomic E-state index is 0. The number of ether oxygens (including phenoxy) is 1. The van der Waals surface area contributed by atoms with Crippen LogP contribution in [0.3, 0.4) is 0 Å². The Morgan fingerprint density at radius 3 is 2.67 bits per heavy atom. The normalized spacial score (nSPS) is 19.0. The van der Waals surface area contributed by atoms with Gasteiger partial charge in [0.2, 0.25) is 10.0 Å². The predicted molar refractivity (Wildman–Crippen MR) is 85.5 cm³/mol. The number of nitrogens with one attached hydrogen (secondary N) is 1. The first-order valence-corrected chi connectivity index (χ1v) is 8.23. The molecule has 8 heteroatoms. The summed E-state index contributed by atoms with van der Waals surface area (Å²) in [7, 11) is -3.47. The molecule has 116 valence electrons. The van der Waals surface area contributed by atoms with Crippen LogP contribution >= 0.6 is 24.0 Å². The van der Waals surface area contributed by atoms with Crippen molar-refractivity contribution in [1.82, 2.24) is 9.62 Å². The van der Waals surface area contributed by atoms with Gasteiger partial charge in [-0.3, -0.25) is 0 Å². The number of benzene rings is 1. The minimum Gasteiger partial charge on any atom is -0.487 e. The second-order valence-corrected chi connectivity index (χ2v) is 7.10. The van der Waals surface area contributed by atoms with Gasteiger partial charge in [0.05, 0.1) is 9.93 Å². The van der Waals surface area contributed by atoms with Crippen molar-refractivity contribution in [1.29, 1.82) is 0 Å². The van der Waals surface area contributed by atoms with Crippen molar-refractivity contribution in [3.8, 4) is 5.75 Å². The number of hydrogen-bond donors (Lipinski definition) is 1. The lowest BCUT2D eigenvalue weighted by Crippen LogP contribution is -2.47. The quantitative estimate of drug-likeness (QED) is 0.882. The SMILES string of the molecule is Cl.O=S(=O)(C1=Cc2c(Cl)cccc2OC1)N1CCNCC1. The lowest BCUT2D eigenvalue weighted by Gasteiger charge is -2.29. The van der Waals surface area contributed by atoms with E-state index in [1.54, 1.807) is 24.3 Å². The molecule has 2 aliphatic heterocycles. The summed E-state index contributed by atoms with van der Waals surface area (Å²) < 4.78 is 32.1. The van der Waals surface area contributed by atoms with Crippen LogP contribution < -0.4 is 10.1 Å². The Bertz CT molecular complexity index is 655. The van der Waals surface area contributed by atoms with Gasteiger partial charge in [0.15, 0.2) is 0 Å². The highest BCUT2D eigenvalue weighted by atomic mass is 35.5. The van der Waals surface area contributed by atoms with Crippen LogP contribution in [0, 0.1) is 0 Å². The van der Waals surface area contributed by atoms with E-state index in [1.807, 2.05) is 0 Å². The Kier molecular flexibility index (Phi) is 5.16. The minimum atomic E-state index is -3.47. The molecule has 5 nitrogen and oxygen atoms in total. The van der Waals surface area contributed by atoms with Crippen molar-refractivity contribution in [2.75, 3.05) is 32.8 Å². The Labute approximate surface area is 135 Å². The first kappa shape index (κ1) is 16.6. The summed E-state index contributed by atoms with van der Waals surface area (Å²) >= 11 is 6.10. The maximum Gasteiger partial charge on any atom is 0.242 e. The highest BCUT2D eigenvalue weighted by Gasteiger charge is 2.30. The fraction of sp³-hybridized carbons (Fsp3) is 0.385. The van der Waals surface area contributed by atoms with E-state index >= 15 is 0 Å². The molecule has 0 spiro atoms. The van der Waals surface area contributed by atoms with Crippen molar-refractivity contribution in [2.24, 2.45) is 0 Å².